The predicted molar refractivity (Wildman–Crippen MR) is 138 cm³/mol. The Bertz CT molecular complexity index is 1580. The Morgan fingerprint density at radius 1 is 0.636 bits per heavy atom. The Balaban J connectivity index is 1.53. The summed E-state index contributed by atoms with van der Waals surface area (Å²) in [6, 6.07) is 24.8. The Morgan fingerprint density at radius 2 is 1.42 bits per heavy atom. The summed E-state index contributed by atoms with van der Waals surface area (Å²) in [6.07, 6.45) is 2.86. The van der Waals surface area contributed by atoms with Gasteiger partial charge in [0.2, 0.25) is 0 Å². The van der Waals surface area contributed by atoms with Gasteiger partial charge in [0.25, 0.3) is 0 Å². The highest BCUT2D eigenvalue weighted by atomic mass is 14.9. The lowest BCUT2D eigenvalue weighted by Crippen LogP contribution is -1.95. The van der Waals surface area contributed by atoms with Gasteiger partial charge < -0.3 is 0 Å². The summed E-state index contributed by atoms with van der Waals surface area (Å²) in [7, 11) is 0. The second kappa shape index (κ2) is 7.38. The third kappa shape index (κ3) is 3.17. The lowest BCUT2D eigenvalue weighted by Gasteiger charge is -2.14. The van der Waals surface area contributed by atoms with Crippen molar-refractivity contribution in [2.24, 2.45) is 0 Å². The van der Waals surface area contributed by atoms with Gasteiger partial charge in [-0.2, -0.15) is 0 Å². The summed E-state index contributed by atoms with van der Waals surface area (Å²) in [5, 5.41) is 2.64. The number of aromatic nitrogens is 2. The van der Waals surface area contributed by atoms with E-state index in [9.17, 15) is 0 Å². The van der Waals surface area contributed by atoms with E-state index in [0.717, 1.165) is 29.1 Å². The van der Waals surface area contributed by atoms with Crippen LogP contribution in [0.2, 0.25) is 0 Å². The van der Waals surface area contributed by atoms with Crippen molar-refractivity contribution in [3.05, 3.63) is 106 Å². The molecular weight excluding hydrogens is 400 g/mol. The molecule has 0 spiro atoms. The highest BCUT2D eigenvalue weighted by Gasteiger charge is 2.23. The number of fused-ring (bicyclic) bond motifs is 5. The Hall–Kier alpha value is -3.78. The summed E-state index contributed by atoms with van der Waals surface area (Å²) >= 11 is 0. The van der Waals surface area contributed by atoms with Crippen molar-refractivity contribution >= 4 is 10.8 Å². The van der Waals surface area contributed by atoms with Gasteiger partial charge in [-0.3, -0.25) is 0 Å². The maximum absolute atomic E-state index is 4.73. The van der Waals surface area contributed by atoms with Gasteiger partial charge in [0.15, 0.2) is 5.82 Å². The van der Waals surface area contributed by atoms with E-state index in [1.165, 1.54) is 55.3 Å². The van der Waals surface area contributed by atoms with Crippen molar-refractivity contribution in [3.8, 4) is 33.6 Å². The van der Waals surface area contributed by atoms with Crippen molar-refractivity contribution < 1.29 is 0 Å². The Morgan fingerprint density at radius 3 is 2.21 bits per heavy atom. The summed E-state index contributed by atoms with van der Waals surface area (Å²) in [4.78, 5) is 9.32. The maximum Gasteiger partial charge on any atom is 0.159 e. The molecule has 0 bridgehead atoms. The van der Waals surface area contributed by atoms with Crippen LogP contribution in [0.5, 0.6) is 0 Å². The molecule has 160 valence electrons. The van der Waals surface area contributed by atoms with Gasteiger partial charge >= 0.3 is 0 Å². The average Bonchev–Trinajstić information content (AvgIpc) is 3.20. The van der Waals surface area contributed by atoms with E-state index in [4.69, 9.17) is 4.98 Å². The first-order chi connectivity index (χ1) is 16.0. The molecule has 0 amide bonds. The maximum atomic E-state index is 4.73. The van der Waals surface area contributed by atoms with Gasteiger partial charge in [-0.15, -0.1) is 0 Å². The van der Waals surface area contributed by atoms with Gasteiger partial charge in [0, 0.05) is 17.5 Å². The number of hydrogen-bond donors (Lipinski definition) is 0. The molecule has 0 unspecified atom stereocenters. The Kier molecular flexibility index (Phi) is 4.45. The molecule has 0 aliphatic heterocycles. The van der Waals surface area contributed by atoms with Crippen LogP contribution in [0.4, 0.5) is 0 Å². The lowest BCUT2D eigenvalue weighted by molar-refractivity contribution is 1.07. The zero-order valence-electron chi connectivity index (χ0n) is 19.5. The van der Waals surface area contributed by atoms with Crippen LogP contribution < -0.4 is 0 Å². The second-order valence-corrected chi connectivity index (χ2v) is 9.31. The summed E-state index contributed by atoms with van der Waals surface area (Å²) in [5.74, 6) is 0.803. The summed E-state index contributed by atoms with van der Waals surface area (Å²) in [6.45, 7) is 8.47. The van der Waals surface area contributed by atoms with Crippen molar-refractivity contribution in [1.82, 2.24) is 9.97 Å². The molecule has 1 aliphatic rings. The van der Waals surface area contributed by atoms with Crippen molar-refractivity contribution in [2.45, 2.75) is 34.1 Å². The van der Waals surface area contributed by atoms with Gasteiger partial charge in [0.1, 0.15) is 0 Å². The molecule has 6 rings (SSSR count). The second-order valence-electron chi connectivity index (χ2n) is 9.31. The molecule has 5 aromatic rings. The lowest BCUT2D eigenvalue weighted by atomic mass is 9.90. The quantitative estimate of drug-likeness (QED) is 0.283. The van der Waals surface area contributed by atoms with Crippen LogP contribution in [-0.2, 0) is 6.42 Å². The monoisotopic (exact) mass is 426 g/mol. The molecule has 1 aromatic heterocycles. The minimum atomic E-state index is 0.803. The fourth-order valence-electron chi connectivity index (χ4n) is 5.03. The zero-order chi connectivity index (χ0) is 22.7. The number of aryl methyl sites for hydroxylation is 4. The summed E-state index contributed by atoms with van der Waals surface area (Å²) < 4.78 is 0. The molecule has 1 heterocycles. The zero-order valence-corrected chi connectivity index (χ0v) is 19.5. The van der Waals surface area contributed by atoms with Crippen LogP contribution in [0.25, 0.3) is 44.4 Å². The first kappa shape index (κ1) is 19.9. The van der Waals surface area contributed by atoms with E-state index in [-0.39, 0.29) is 0 Å². The smallest absolute Gasteiger partial charge is 0.159 e. The molecule has 1 aliphatic carbocycles. The van der Waals surface area contributed by atoms with Crippen LogP contribution in [0, 0.1) is 27.7 Å². The van der Waals surface area contributed by atoms with Gasteiger partial charge in [0.05, 0.1) is 0 Å². The van der Waals surface area contributed by atoms with E-state index in [1.807, 2.05) is 13.1 Å². The SMILES string of the molecule is Cc1ccc(-c2cc3c(c4ccccc24)-c2ccc(-c4ncc(C)c(C)n4)cc2C3)cc1C. The first-order valence-electron chi connectivity index (χ1n) is 11.6. The standard InChI is InChI=1S/C31H26N2/c1-18-9-10-22(13-19(18)2)29-16-25-15-24-14-23(31-32-17-20(3)21(4)33-31)11-12-26(24)30(25)28-8-6-5-7-27(28)29/h5-14,16-17H,15H2,1-4H3. The molecular formula is C31H26N2. The van der Waals surface area contributed by atoms with Crippen LogP contribution in [-0.4, -0.2) is 9.97 Å². The topological polar surface area (TPSA) is 25.8 Å². The third-order valence-corrected chi connectivity index (χ3v) is 7.18. The van der Waals surface area contributed by atoms with Crippen molar-refractivity contribution in [1.29, 1.82) is 0 Å². The van der Waals surface area contributed by atoms with E-state index in [2.05, 4.69) is 92.5 Å². The molecule has 0 saturated carbocycles. The van der Waals surface area contributed by atoms with Crippen LogP contribution in [0.15, 0.2) is 72.9 Å². The minimum absolute atomic E-state index is 0.803. The highest BCUT2D eigenvalue weighted by Crippen LogP contribution is 2.45. The first-order valence-corrected chi connectivity index (χ1v) is 11.6. The molecule has 0 N–H and O–H groups in total. The minimum Gasteiger partial charge on any atom is -0.236 e. The van der Waals surface area contributed by atoms with Gasteiger partial charge in [-0.25, -0.2) is 9.97 Å². The number of hydrogen-bond acceptors (Lipinski definition) is 2. The van der Waals surface area contributed by atoms with E-state index >= 15 is 0 Å². The number of benzene rings is 4. The molecule has 2 heteroatoms. The highest BCUT2D eigenvalue weighted by molar-refractivity contribution is 6.08. The largest absolute Gasteiger partial charge is 0.236 e. The molecule has 0 atom stereocenters. The summed E-state index contributed by atoms with van der Waals surface area (Å²) in [5.41, 5.74) is 14.0. The Labute approximate surface area is 195 Å². The van der Waals surface area contributed by atoms with Crippen molar-refractivity contribution in [3.63, 3.8) is 0 Å². The fraction of sp³-hybridized carbons (Fsp3) is 0.161. The fourth-order valence-corrected chi connectivity index (χ4v) is 5.03. The van der Waals surface area contributed by atoms with E-state index in [1.54, 1.807) is 0 Å². The average molecular weight is 427 g/mol. The molecule has 0 fully saturated rings. The van der Waals surface area contributed by atoms with Crippen LogP contribution in [0.3, 0.4) is 0 Å². The van der Waals surface area contributed by atoms with Crippen LogP contribution in [0.1, 0.15) is 33.5 Å². The molecule has 33 heavy (non-hydrogen) atoms. The molecule has 4 aromatic carbocycles. The molecule has 2 nitrogen and oxygen atoms in total. The normalized spacial score (nSPS) is 12.1. The van der Waals surface area contributed by atoms with E-state index < -0.39 is 0 Å². The third-order valence-electron chi connectivity index (χ3n) is 7.18. The van der Waals surface area contributed by atoms with Gasteiger partial charge in [-0.1, -0.05) is 54.6 Å². The van der Waals surface area contributed by atoms with Gasteiger partial charge in [-0.05, 0) is 107 Å². The van der Waals surface area contributed by atoms with Crippen LogP contribution >= 0.6 is 0 Å². The molecule has 0 radical (unpaired) electrons. The van der Waals surface area contributed by atoms with Crippen molar-refractivity contribution in [2.75, 3.05) is 0 Å². The number of nitrogens with zero attached hydrogens (tertiary/aromatic N) is 2. The van der Waals surface area contributed by atoms with E-state index in [0.29, 0.717) is 0 Å². The predicted octanol–water partition coefficient (Wildman–Crippen LogP) is 7.77. The number of rotatable bonds is 2. The molecule has 0 saturated heterocycles.